The second-order valence-electron chi connectivity index (χ2n) is 6.03. The van der Waals surface area contributed by atoms with E-state index >= 15 is 0 Å². The summed E-state index contributed by atoms with van der Waals surface area (Å²) >= 11 is 8.11. The van der Waals surface area contributed by atoms with Crippen LogP contribution >= 0.6 is 35.3 Å². The molecule has 1 aromatic rings. The van der Waals surface area contributed by atoms with Crippen molar-refractivity contribution in [2.45, 2.75) is 31.7 Å². The Hall–Kier alpha value is -1.22. The van der Waals surface area contributed by atoms with Crippen molar-refractivity contribution in [3.8, 4) is 0 Å². The lowest BCUT2D eigenvalue weighted by Gasteiger charge is -2.36. The molecule has 3 heterocycles. The molecule has 3 rings (SSSR count). The zero-order valence-corrected chi connectivity index (χ0v) is 16.2. The first-order valence-corrected chi connectivity index (χ1v) is 10.4. The van der Waals surface area contributed by atoms with Crippen LogP contribution in [0, 0.1) is 0 Å². The van der Waals surface area contributed by atoms with E-state index in [0.29, 0.717) is 22.2 Å². The molecule has 0 bridgehead atoms. The Morgan fingerprint density at radius 3 is 3.00 bits per heavy atom. The Balaban J connectivity index is 1.68. The lowest BCUT2D eigenvalue weighted by molar-refractivity contribution is -0.138. The standard InChI is InChI=1S/C17H20N2O3S3/c20-8-6-12-4-1-2-7-18(12)15(21)11-19-16(22)14(25-17(19)23)10-13-5-3-9-24-13/h3,5,9-10,12,20H,1-2,4,6-8,11H2/b14-10-/t12-/m0/s1. The van der Waals surface area contributed by atoms with Crippen molar-refractivity contribution in [3.63, 3.8) is 0 Å². The molecule has 1 aromatic heterocycles. The zero-order chi connectivity index (χ0) is 17.8. The molecule has 2 saturated heterocycles. The number of carbonyl (C=O) groups excluding carboxylic acids is 2. The Labute approximate surface area is 160 Å². The molecular weight excluding hydrogens is 376 g/mol. The van der Waals surface area contributed by atoms with Crippen molar-refractivity contribution >= 4 is 57.5 Å². The van der Waals surface area contributed by atoms with E-state index in [1.807, 2.05) is 23.6 Å². The fourth-order valence-electron chi connectivity index (χ4n) is 3.14. The second-order valence-corrected chi connectivity index (χ2v) is 8.69. The highest BCUT2D eigenvalue weighted by Gasteiger charge is 2.36. The lowest BCUT2D eigenvalue weighted by atomic mass is 9.99. The smallest absolute Gasteiger partial charge is 0.266 e. The fourth-order valence-corrected chi connectivity index (χ4v) is 5.12. The van der Waals surface area contributed by atoms with E-state index in [9.17, 15) is 14.7 Å². The number of carbonyl (C=O) groups is 2. The van der Waals surface area contributed by atoms with Crippen molar-refractivity contribution in [1.29, 1.82) is 0 Å². The average Bonchev–Trinajstić information content (AvgIpc) is 3.20. The predicted molar refractivity (Wildman–Crippen MR) is 105 cm³/mol. The van der Waals surface area contributed by atoms with Gasteiger partial charge in [-0.25, -0.2) is 0 Å². The first-order valence-electron chi connectivity index (χ1n) is 8.29. The molecule has 2 amide bonds. The molecule has 2 fully saturated rings. The molecule has 0 radical (unpaired) electrons. The van der Waals surface area contributed by atoms with Crippen LogP contribution in [-0.4, -0.2) is 56.8 Å². The number of thiophene rings is 1. The quantitative estimate of drug-likeness (QED) is 0.613. The van der Waals surface area contributed by atoms with Crippen molar-refractivity contribution in [1.82, 2.24) is 9.80 Å². The first-order chi connectivity index (χ1) is 12.1. The van der Waals surface area contributed by atoms with Gasteiger partial charge in [-0.3, -0.25) is 14.5 Å². The molecular formula is C17H20N2O3S3. The normalized spacial score (nSPS) is 22.9. The summed E-state index contributed by atoms with van der Waals surface area (Å²) < 4.78 is 0.428. The van der Waals surface area contributed by atoms with Crippen LogP contribution in [-0.2, 0) is 9.59 Å². The number of amides is 2. The maximum Gasteiger partial charge on any atom is 0.266 e. The highest BCUT2D eigenvalue weighted by Crippen LogP contribution is 2.33. The SMILES string of the molecule is O=C1/C(=C/c2cccs2)SC(=S)N1CC(=O)N1CCCC[C@H]1CCO. The average molecular weight is 397 g/mol. The number of rotatable bonds is 5. The van der Waals surface area contributed by atoms with Crippen molar-refractivity contribution in [2.75, 3.05) is 19.7 Å². The first kappa shape index (κ1) is 18.6. The second kappa shape index (κ2) is 8.44. The number of hydrogen-bond acceptors (Lipinski definition) is 6. The van der Waals surface area contributed by atoms with Crippen molar-refractivity contribution in [2.24, 2.45) is 0 Å². The summed E-state index contributed by atoms with van der Waals surface area (Å²) in [5, 5.41) is 11.2. The van der Waals surface area contributed by atoms with Crippen LogP contribution in [0.5, 0.6) is 0 Å². The third-order valence-corrected chi connectivity index (χ3v) is 6.59. The van der Waals surface area contributed by atoms with Crippen molar-refractivity contribution in [3.05, 3.63) is 27.3 Å². The lowest BCUT2D eigenvalue weighted by Crippen LogP contribution is -2.49. The van der Waals surface area contributed by atoms with E-state index in [4.69, 9.17) is 12.2 Å². The van der Waals surface area contributed by atoms with E-state index < -0.39 is 0 Å². The summed E-state index contributed by atoms with van der Waals surface area (Å²) in [5.74, 6) is -0.292. The summed E-state index contributed by atoms with van der Waals surface area (Å²) in [7, 11) is 0. The van der Waals surface area contributed by atoms with Gasteiger partial charge in [-0.15, -0.1) is 11.3 Å². The number of hydrogen-bond donors (Lipinski definition) is 1. The van der Waals surface area contributed by atoms with Crippen LogP contribution in [0.3, 0.4) is 0 Å². The van der Waals surface area contributed by atoms with Gasteiger partial charge in [0.05, 0.1) is 4.91 Å². The Kier molecular flexibility index (Phi) is 6.27. The maximum atomic E-state index is 12.7. The minimum absolute atomic E-state index is 0.0195. The predicted octanol–water partition coefficient (Wildman–Crippen LogP) is 2.71. The van der Waals surface area contributed by atoms with Crippen LogP contribution in [0.15, 0.2) is 22.4 Å². The third-order valence-electron chi connectivity index (χ3n) is 4.39. The van der Waals surface area contributed by atoms with Gasteiger partial charge in [0.1, 0.15) is 10.9 Å². The van der Waals surface area contributed by atoms with Gasteiger partial charge in [0.25, 0.3) is 5.91 Å². The minimum Gasteiger partial charge on any atom is -0.396 e. The van der Waals surface area contributed by atoms with Gasteiger partial charge >= 0.3 is 0 Å². The molecule has 0 spiro atoms. The number of aliphatic hydroxyl groups is 1. The van der Waals surface area contributed by atoms with E-state index in [1.54, 1.807) is 16.2 Å². The summed E-state index contributed by atoms with van der Waals surface area (Å²) in [4.78, 5) is 30.1. The molecule has 0 aliphatic carbocycles. The van der Waals surface area contributed by atoms with Gasteiger partial charge in [0.15, 0.2) is 0 Å². The Morgan fingerprint density at radius 2 is 2.28 bits per heavy atom. The zero-order valence-electron chi connectivity index (χ0n) is 13.7. The van der Waals surface area contributed by atoms with Gasteiger partial charge in [-0.2, -0.15) is 0 Å². The largest absolute Gasteiger partial charge is 0.396 e. The fraction of sp³-hybridized carbons (Fsp3) is 0.471. The molecule has 0 aromatic carbocycles. The molecule has 2 aliphatic rings. The molecule has 1 atom stereocenters. The van der Waals surface area contributed by atoms with Crippen LogP contribution in [0.25, 0.3) is 6.08 Å². The topological polar surface area (TPSA) is 60.9 Å². The van der Waals surface area contributed by atoms with Crippen LogP contribution in [0.2, 0.25) is 0 Å². The number of likely N-dealkylation sites (tertiary alicyclic amines) is 1. The van der Waals surface area contributed by atoms with Gasteiger partial charge in [-0.1, -0.05) is 30.0 Å². The van der Waals surface area contributed by atoms with E-state index in [0.717, 1.165) is 24.1 Å². The summed E-state index contributed by atoms with van der Waals surface area (Å²) in [6.07, 6.45) is 5.35. The molecule has 1 N–H and O–H groups in total. The number of nitrogens with zero attached hydrogens (tertiary/aromatic N) is 2. The van der Waals surface area contributed by atoms with Crippen LogP contribution < -0.4 is 0 Å². The molecule has 25 heavy (non-hydrogen) atoms. The monoisotopic (exact) mass is 396 g/mol. The number of aliphatic hydroxyl groups excluding tert-OH is 1. The Bertz CT molecular complexity index is 685. The maximum absolute atomic E-state index is 12.7. The highest BCUT2D eigenvalue weighted by atomic mass is 32.2. The number of piperidine rings is 1. The third kappa shape index (κ3) is 4.31. The summed E-state index contributed by atoms with van der Waals surface area (Å²) in [5.41, 5.74) is 0. The van der Waals surface area contributed by atoms with Gasteiger partial charge in [0, 0.05) is 24.1 Å². The Morgan fingerprint density at radius 1 is 1.44 bits per heavy atom. The van der Waals surface area contributed by atoms with E-state index in [-0.39, 0.29) is 31.0 Å². The number of thiocarbonyl (C=S) groups is 1. The van der Waals surface area contributed by atoms with Crippen molar-refractivity contribution < 1.29 is 14.7 Å². The van der Waals surface area contributed by atoms with Gasteiger partial charge in [-0.05, 0) is 43.2 Å². The van der Waals surface area contributed by atoms with Gasteiger partial charge in [0.2, 0.25) is 5.91 Å². The number of thioether (sulfide) groups is 1. The molecule has 0 saturated carbocycles. The summed E-state index contributed by atoms with van der Waals surface area (Å²) in [6, 6.07) is 3.93. The summed E-state index contributed by atoms with van der Waals surface area (Å²) in [6.45, 7) is 0.733. The van der Waals surface area contributed by atoms with Crippen LogP contribution in [0.4, 0.5) is 0 Å². The molecule has 134 valence electrons. The van der Waals surface area contributed by atoms with Crippen LogP contribution in [0.1, 0.15) is 30.6 Å². The molecule has 5 nitrogen and oxygen atoms in total. The van der Waals surface area contributed by atoms with E-state index in [2.05, 4.69) is 0 Å². The van der Waals surface area contributed by atoms with E-state index in [1.165, 1.54) is 16.7 Å². The minimum atomic E-state index is -0.201. The molecule has 8 heteroatoms. The highest BCUT2D eigenvalue weighted by molar-refractivity contribution is 8.26. The molecule has 0 unspecified atom stereocenters. The molecule has 2 aliphatic heterocycles. The van der Waals surface area contributed by atoms with Gasteiger partial charge < -0.3 is 10.0 Å².